The van der Waals surface area contributed by atoms with E-state index in [0.29, 0.717) is 16.6 Å². The van der Waals surface area contributed by atoms with E-state index in [1.807, 2.05) is 13.2 Å². The van der Waals surface area contributed by atoms with Gasteiger partial charge in [0.25, 0.3) is 0 Å². The quantitative estimate of drug-likeness (QED) is 0.820. The molecule has 1 atom stereocenters. The van der Waals surface area contributed by atoms with Crippen molar-refractivity contribution in [3.05, 3.63) is 28.2 Å². The van der Waals surface area contributed by atoms with Crippen LogP contribution in [0.15, 0.2) is 27.6 Å². The third-order valence-electron chi connectivity index (χ3n) is 2.43. The zero-order chi connectivity index (χ0) is 13.8. The summed E-state index contributed by atoms with van der Waals surface area (Å²) in [4.78, 5) is 0.188. The van der Waals surface area contributed by atoms with Crippen LogP contribution in [0, 0.1) is 0 Å². The Bertz CT molecular complexity index is 505. The summed E-state index contributed by atoms with van der Waals surface area (Å²) in [7, 11) is -3.51. The smallest absolute Gasteiger partial charge is 0.241 e. The molecule has 0 aliphatic carbocycles. The lowest BCUT2D eigenvalue weighted by Gasteiger charge is -2.12. The number of aliphatic hydroxyl groups is 1. The summed E-state index contributed by atoms with van der Waals surface area (Å²) in [5.41, 5.74) is 0.665. The minimum atomic E-state index is -3.51. The molecule has 0 fully saturated rings. The molecule has 1 unspecified atom stereocenters. The lowest BCUT2D eigenvalue weighted by molar-refractivity contribution is 0.281. The van der Waals surface area contributed by atoms with Gasteiger partial charge in [0.1, 0.15) is 0 Å². The van der Waals surface area contributed by atoms with E-state index in [-0.39, 0.29) is 16.8 Å². The summed E-state index contributed by atoms with van der Waals surface area (Å²) in [5, 5.41) is 9.19. The van der Waals surface area contributed by atoms with Gasteiger partial charge in [-0.1, -0.05) is 13.0 Å². The number of thioether (sulfide) groups is 1. The van der Waals surface area contributed by atoms with Crippen LogP contribution in [0.1, 0.15) is 12.5 Å². The van der Waals surface area contributed by atoms with Crippen LogP contribution in [0.5, 0.6) is 0 Å². The summed E-state index contributed by atoms with van der Waals surface area (Å²) in [6.07, 6.45) is 1.94. The molecule has 1 aromatic rings. The summed E-state index contributed by atoms with van der Waals surface area (Å²) in [6, 6.07) is 4.69. The van der Waals surface area contributed by atoms with E-state index in [0.717, 1.165) is 0 Å². The fourth-order valence-corrected chi connectivity index (χ4v) is 3.86. The molecule has 102 valence electrons. The molecule has 0 saturated carbocycles. The van der Waals surface area contributed by atoms with Gasteiger partial charge in [0.2, 0.25) is 10.0 Å². The van der Waals surface area contributed by atoms with Crippen molar-refractivity contribution in [1.82, 2.24) is 4.72 Å². The van der Waals surface area contributed by atoms with Crippen LogP contribution in [0.3, 0.4) is 0 Å². The predicted octanol–water partition coefficient (Wildman–Crippen LogP) is 1.97. The number of nitrogens with one attached hydrogen (secondary N) is 1. The highest BCUT2D eigenvalue weighted by molar-refractivity contribution is 9.10. The van der Waals surface area contributed by atoms with Gasteiger partial charge in [-0.3, -0.25) is 0 Å². The minimum Gasteiger partial charge on any atom is -0.392 e. The van der Waals surface area contributed by atoms with Crippen molar-refractivity contribution in [1.29, 1.82) is 0 Å². The van der Waals surface area contributed by atoms with Crippen molar-refractivity contribution in [3.8, 4) is 0 Å². The van der Waals surface area contributed by atoms with Gasteiger partial charge in [0, 0.05) is 16.3 Å². The molecule has 0 spiro atoms. The largest absolute Gasteiger partial charge is 0.392 e. The lowest BCUT2D eigenvalue weighted by Crippen LogP contribution is -2.29. The van der Waals surface area contributed by atoms with E-state index >= 15 is 0 Å². The number of aliphatic hydroxyl groups excluding tert-OH is 1. The monoisotopic (exact) mass is 353 g/mol. The van der Waals surface area contributed by atoms with E-state index in [1.165, 1.54) is 6.07 Å². The van der Waals surface area contributed by atoms with Gasteiger partial charge in [-0.25, -0.2) is 13.1 Å². The predicted molar refractivity (Wildman–Crippen MR) is 78.2 cm³/mol. The third-order valence-corrected chi connectivity index (χ3v) is 5.80. The minimum absolute atomic E-state index is 0.115. The highest BCUT2D eigenvalue weighted by Gasteiger charge is 2.18. The number of sulfonamides is 1. The summed E-state index contributed by atoms with van der Waals surface area (Å²) in [6.45, 7) is 2.23. The van der Waals surface area contributed by atoms with Gasteiger partial charge < -0.3 is 5.11 Å². The average Bonchev–Trinajstić information content (AvgIpc) is 2.35. The Kier molecular flexibility index (Phi) is 6.13. The second kappa shape index (κ2) is 6.91. The molecular weight excluding hydrogens is 338 g/mol. The van der Waals surface area contributed by atoms with E-state index in [4.69, 9.17) is 5.11 Å². The zero-order valence-corrected chi connectivity index (χ0v) is 13.4. The van der Waals surface area contributed by atoms with E-state index in [2.05, 4.69) is 20.7 Å². The normalized spacial score (nSPS) is 13.6. The van der Waals surface area contributed by atoms with Gasteiger partial charge in [-0.15, -0.1) is 0 Å². The highest BCUT2D eigenvalue weighted by atomic mass is 79.9. The maximum absolute atomic E-state index is 12.1. The summed E-state index contributed by atoms with van der Waals surface area (Å²) < 4.78 is 27.1. The zero-order valence-electron chi connectivity index (χ0n) is 10.2. The molecule has 0 heterocycles. The molecule has 7 heteroatoms. The fourth-order valence-electron chi connectivity index (χ4n) is 1.25. The first-order valence-corrected chi connectivity index (χ1v) is 8.89. The van der Waals surface area contributed by atoms with Gasteiger partial charge in [0.05, 0.1) is 11.5 Å². The van der Waals surface area contributed by atoms with Crippen LogP contribution in [0.4, 0.5) is 0 Å². The van der Waals surface area contributed by atoms with Crippen molar-refractivity contribution in [2.45, 2.75) is 23.7 Å². The van der Waals surface area contributed by atoms with Crippen LogP contribution < -0.4 is 4.72 Å². The SMILES string of the molecule is CSC(C)CNS(=O)(=O)c1ccc(CO)cc1Br. The molecule has 1 rings (SSSR count). The first-order chi connectivity index (χ1) is 8.40. The number of rotatable bonds is 6. The van der Waals surface area contributed by atoms with E-state index in [9.17, 15) is 8.42 Å². The van der Waals surface area contributed by atoms with Crippen molar-refractivity contribution >= 4 is 37.7 Å². The first-order valence-electron chi connectivity index (χ1n) is 5.32. The van der Waals surface area contributed by atoms with E-state index < -0.39 is 10.0 Å². The molecular formula is C11H16BrNO3S2. The molecule has 4 nitrogen and oxygen atoms in total. The number of benzene rings is 1. The second-order valence-corrected chi connectivity index (χ2v) is 7.69. The van der Waals surface area contributed by atoms with Crippen molar-refractivity contribution in [2.75, 3.05) is 12.8 Å². The van der Waals surface area contributed by atoms with Crippen LogP contribution in [0.25, 0.3) is 0 Å². The van der Waals surface area contributed by atoms with Crippen LogP contribution in [0.2, 0.25) is 0 Å². The van der Waals surface area contributed by atoms with Crippen LogP contribution in [-0.2, 0) is 16.6 Å². The van der Waals surface area contributed by atoms with Crippen LogP contribution in [-0.4, -0.2) is 31.6 Å². The third kappa shape index (κ3) is 4.24. The maximum Gasteiger partial charge on any atom is 0.241 e. The Morgan fingerprint density at radius 3 is 2.67 bits per heavy atom. The first kappa shape index (κ1) is 16.0. The molecule has 1 aromatic carbocycles. The van der Waals surface area contributed by atoms with E-state index in [1.54, 1.807) is 23.9 Å². The van der Waals surface area contributed by atoms with Crippen LogP contribution >= 0.6 is 27.7 Å². The van der Waals surface area contributed by atoms with Gasteiger partial charge in [-0.05, 0) is 39.9 Å². The Hall–Kier alpha value is -0.0800. The molecule has 18 heavy (non-hydrogen) atoms. The molecule has 0 saturated heterocycles. The molecule has 2 N–H and O–H groups in total. The number of hydrogen-bond acceptors (Lipinski definition) is 4. The second-order valence-electron chi connectivity index (χ2n) is 3.82. The van der Waals surface area contributed by atoms with Gasteiger partial charge in [0.15, 0.2) is 0 Å². The molecule has 0 amide bonds. The average molecular weight is 354 g/mol. The highest BCUT2D eigenvalue weighted by Crippen LogP contribution is 2.23. The Balaban J connectivity index is 2.91. The topological polar surface area (TPSA) is 66.4 Å². The molecule has 0 aliphatic rings. The standard InChI is InChI=1S/C11H16BrNO3S2/c1-8(17-2)6-13-18(15,16)11-4-3-9(7-14)5-10(11)12/h3-5,8,13-14H,6-7H2,1-2H3. The van der Waals surface area contributed by atoms with Gasteiger partial charge >= 0.3 is 0 Å². The summed E-state index contributed by atoms with van der Waals surface area (Å²) >= 11 is 4.81. The molecule has 0 aliphatic heterocycles. The Morgan fingerprint density at radius 1 is 1.50 bits per heavy atom. The molecule has 0 aromatic heterocycles. The molecule has 0 bridgehead atoms. The van der Waals surface area contributed by atoms with Crippen molar-refractivity contribution in [2.24, 2.45) is 0 Å². The Morgan fingerprint density at radius 2 is 2.17 bits per heavy atom. The lowest BCUT2D eigenvalue weighted by atomic mass is 10.2. The van der Waals surface area contributed by atoms with Crippen molar-refractivity contribution < 1.29 is 13.5 Å². The van der Waals surface area contributed by atoms with Gasteiger partial charge in [-0.2, -0.15) is 11.8 Å². The maximum atomic E-state index is 12.1. The number of halogens is 1. The Labute approximate surface area is 120 Å². The summed E-state index contributed by atoms with van der Waals surface area (Å²) in [5.74, 6) is 0. The molecule has 0 radical (unpaired) electrons. The number of hydrogen-bond donors (Lipinski definition) is 2. The fraction of sp³-hybridized carbons (Fsp3) is 0.455. The van der Waals surface area contributed by atoms with Crippen molar-refractivity contribution in [3.63, 3.8) is 0 Å².